The Labute approximate surface area is 125 Å². The highest BCUT2D eigenvalue weighted by molar-refractivity contribution is 6.40. The van der Waals surface area contributed by atoms with E-state index in [1.807, 2.05) is 4.90 Å². The van der Waals surface area contributed by atoms with Crippen molar-refractivity contribution >= 4 is 46.5 Å². The lowest BCUT2D eigenvalue weighted by atomic mass is 10.2. The molecule has 2 rings (SSSR count). The summed E-state index contributed by atoms with van der Waals surface area (Å²) in [6.45, 7) is 2.51. The number of nitrogens with one attached hydrogen (secondary N) is 1. The Balaban J connectivity index is 2.24. The molecule has 2 N–H and O–H groups in total. The molecule has 6 nitrogen and oxygen atoms in total. The van der Waals surface area contributed by atoms with Gasteiger partial charge in [-0.2, -0.15) is 0 Å². The number of hydrogen-bond donors (Lipinski definition) is 2. The second-order valence-electron chi connectivity index (χ2n) is 4.15. The maximum Gasteiger partial charge on any atom is 0.394 e. The van der Waals surface area contributed by atoms with Gasteiger partial charge in [0.05, 0.1) is 28.9 Å². The summed E-state index contributed by atoms with van der Waals surface area (Å²) in [5.41, 5.74) is 0.898. The Kier molecular flexibility index (Phi) is 4.69. The number of rotatable bonds is 2. The van der Waals surface area contributed by atoms with Crippen molar-refractivity contribution in [3.05, 3.63) is 22.2 Å². The summed E-state index contributed by atoms with van der Waals surface area (Å²) >= 11 is 12.3. The first-order valence-corrected chi connectivity index (χ1v) is 6.60. The predicted octanol–water partition coefficient (Wildman–Crippen LogP) is 1.85. The molecule has 0 saturated carbocycles. The largest absolute Gasteiger partial charge is 0.474 e. The van der Waals surface area contributed by atoms with Crippen molar-refractivity contribution in [1.82, 2.24) is 0 Å². The minimum atomic E-state index is -1.57. The van der Waals surface area contributed by atoms with Crippen LogP contribution in [0.2, 0.25) is 10.0 Å². The quantitative estimate of drug-likeness (QED) is 0.814. The van der Waals surface area contributed by atoms with Crippen molar-refractivity contribution in [3.63, 3.8) is 0 Å². The lowest BCUT2D eigenvalue weighted by Crippen LogP contribution is -2.36. The molecule has 0 aliphatic carbocycles. The molecule has 1 amide bonds. The molecule has 0 unspecified atom stereocenters. The highest BCUT2D eigenvalue weighted by atomic mass is 35.5. The summed E-state index contributed by atoms with van der Waals surface area (Å²) < 4.78 is 5.25. The van der Waals surface area contributed by atoms with Crippen molar-refractivity contribution in [2.45, 2.75) is 0 Å². The van der Waals surface area contributed by atoms with Crippen molar-refractivity contribution in [3.8, 4) is 0 Å². The molecular weight excluding hydrogens is 307 g/mol. The second-order valence-corrected chi connectivity index (χ2v) is 4.96. The van der Waals surface area contributed by atoms with Crippen LogP contribution in [-0.4, -0.2) is 43.3 Å². The fourth-order valence-corrected chi connectivity index (χ4v) is 2.64. The van der Waals surface area contributed by atoms with Crippen LogP contribution < -0.4 is 10.2 Å². The number of carboxylic acid groups (broad SMARTS) is 1. The normalized spacial score (nSPS) is 15.0. The average Bonchev–Trinajstić information content (AvgIpc) is 2.39. The van der Waals surface area contributed by atoms with Gasteiger partial charge in [0.15, 0.2) is 0 Å². The first kappa shape index (κ1) is 14.9. The zero-order chi connectivity index (χ0) is 14.7. The molecule has 1 saturated heterocycles. The fourth-order valence-electron chi connectivity index (χ4n) is 1.91. The summed E-state index contributed by atoms with van der Waals surface area (Å²) in [6, 6.07) is 2.94. The third-order valence-electron chi connectivity index (χ3n) is 2.80. The van der Waals surface area contributed by atoms with Gasteiger partial charge in [0, 0.05) is 18.8 Å². The lowest BCUT2D eigenvalue weighted by molar-refractivity contribution is -0.147. The van der Waals surface area contributed by atoms with Crippen LogP contribution in [-0.2, 0) is 14.3 Å². The number of carbonyl (C=O) groups is 2. The molecule has 1 aromatic rings. The molecule has 1 aliphatic rings. The lowest BCUT2D eigenvalue weighted by Gasteiger charge is -2.30. The predicted molar refractivity (Wildman–Crippen MR) is 75.8 cm³/mol. The van der Waals surface area contributed by atoms with Gasteiger partial charge in [0.1, 0.15) is 0 Å². The number of carboxylic acids is 1. The number of benzene rings is 1. The topological polar surface area (TPSA) is 78.9 Å². The Bertz CT molecular complexity index is 521. The fraction of sp³-hybridized carbons (Fsp3) is 0.333. The summed E-state index contributed by atoms with van der Waals surface area (Å²) in [4.78, 5) is 23.6. The molecule has 0 aromatic heterocycles. The van der Waals surface area contributed by atoms with Gasteiger partial charge >= 0.3 is 11.9 Å². The minimum Gasteiger partial charge on any atom is -0.474 e. The van der Waals surface area contributed by atoms with Gasteiger partial charge < -0.3 is 20.1 Å². The smallest absolute Gasteiger partial charge is 0.394 e. The highest BCUT2D eigenvalue weighted by Gasteiger charge is 2.19. The number of aliphatic carboxylic acids is 1. The van der Waals surface area contributed by atoms with Gasteiger partial charge in [-0.3, -0.25) is 4.79 Å². The van der Waals surface area contributed by atoms with E-state index in [2.05, 4.69) is 5.32 Å². The summed E-state index contributed by atoms with van der Waals surface area (Å²) in [5, 5.41) is 11.4. The average molecular weight is 319 g/mol. The van der Waals surface area contributed by atoms with Crippen LogP contribution in [0.3, 0.4) is 0 Å². The first-order chi connectivity index (χ1) is 9.49. The molecule has 1 aliphatic heterocycles. The molecule has 0 atom stereocenters. The third-order valence-corrected chi connectivity index (χ3v) is 3.37. The molecule has 1 aromatic carbocycles. The Morgan fingerprint density at radius 1 is 1.20 bits per heavy atom. The zero-order valence-electron chi connectivity index (χ0n) is 10.4. The maximum absolute atomic E-state index is 11.1. The standard InChI is InChI=1S/C12H12Cl2N2O4/c13-8-5-7(15-11(17)12(18)19)6-9(14)10(8)16-1-3-20-4-2-16/h5-6H,1-4H2,(H,15,17)(H,18,19). The second kappa shape index (κ2) is 6.30. The summed E-state index contributed by atoms with van der Waals surface area (Å²) in [6.07, 6.45) is 0. The van der Waals surface area contributed by atoms with Gasteiger partial charge in [-0.1, -0.05) is 23.2 Å². The molecule has 108 valence electrons. The molecule has 0 spiro atoms. The maximum atomic E-state index is 11.1. The van der Waals surface area contributed by atoms with Crippen LogP contribution in [0.1, 0.15) is 0 Å². The van der Waals surface area contributed by atoms with Gasteiger partial charge in [0.25, 0.3) is 0 Å². The monoisotopic (exact) mass is 318 g/mol. The summed E-state index contributed by atoms with van der Waals surface area (Å²) in [5.74, 6) is -2.72. The molecule has 1 fully saturated rings. The van der Waals surface area contributed by atoms with Gasteiger partial charge in [-0.05, 0) is 12.1 Å². The van der Waals surface area contributed by atoms with E-state index in [0.717, 1.165) is 0 Å². The zero-order valence-corrected chi connectivity index (χ0v) is 11.9. The minimum absolute atomic E-state index is 0.240. The van der Waals surface area contributed by atoms with Crippen LogP contribution in [0, 0.1) is 0 Å². The van der Waals surface area contributed by atoms with E-state index in [9.17, 15) is 9.59 Å². The van der Waals surface area contributed by atoms with Crippen molar-refractivity contribution in [2.75, 3.05) is 36.5 Å². The first-order valence-electron chi connectivity index (χ1n) is 5.85. The van der Waals surface area contributed by atoms with Gasteiger partial charge in [-0.25, -0.2) is 4.79 Å². The molecule has 8 heteroatoms. The third kappa shape index (κ3) is 3.33. The van der Waals surface area contributed by atoms with E-state index < -0.39 is 11.9 Å². The van der Waals surface area contributed by atoms with Gasteiger partial charge in [-0.15, -0.1) is 0 Å². The molecular formula is C12H12Cl2N2O4. The number of carbonyl (C=O) groups excluding carboxylic acids is 1. The van der Waals surface area contributed by atoms with E-state index >= 15 is 0 Å². The van der Waals surface area contributed by atoms with E-state index in [1.165, 1.54) is 12.1 Å². The Morgan fingerprint density at radius 2 is 1.75 bits per heavy atom. The van der Waals surface area contributed by atoms with Crippen molar-refractivity contribution in [1.29, 1.82) is 0 Å². The Hall–Kier alpha value is -1.50. The molecule has 20 heavy (non-hydrogen) atoms. The van der Waals surface area contributed by atoms with Gasteiger partial charge in [0.2, 0.25) is 0 Å². The number of hydrogen-bond acceptors (Lipinski definition) is 4. The number of amides is 1. The molecule has 0 bridgehead atoms. The van der Waals surface area contributed by atoms with E-state index in [1.54, 1.807) is 0 Å². The van der Waals surface area contributed by atoms with Crippen LogP contribution >= 0.6 is 23.2 Å². The van der Waals surface area contributed by atoms with E-state index in [-0.39, 0.29) is 5.69 Å². The number of halogens is 2. The summed E-state index contributed by atoms with van der Waals surface area (Å²) in [7, 11) is 0. The van der Waals surface area contributed by atoms with E-state index in [0.29, 0.717) is 42.0 Å². The van der Waals surface area contributed by atoms with Crippen molar-refractivity contribution < 1.29 is 19.4 Å². The molecule has 0 radical (unpaired) electrons. The number of nitrogens with zero attached hydrogens (tertiary/aromatic N) is 1. The van der Waals surface area contributed by atoms with Crippen LogP contribution in [0.5, 0.6) is 0 Å². The Morgan fingerprint density at radius 3 is 2.25 bits per heavy atom. The number of morpholine rings is 1. The number of ether oxygens (including phenoxy) is 1. The van der Waals surface area contributed by atoms with Crippen molar-refractivity contribution in [2.24, 2.45) is 0 Å². The number of anilines is 2. The van der Waals surface area contributed by atoms with Crippen LogP contribution in [0.25, 0.3) is 0 Å². The SMILES string of the molecule is O=C(O)C(=O)Nc1cc(Cl)c(N2CCOCC2)c(Cl)c1. The van der Waals surface area contributed by atoms with Crippen LogP contribution in [0.15, 0.2) is 12.1 Å². The highest BCUT2D eigenvalue weighted by Crippen LogP contribution is 2.37. The van der Waals surface area contributed by atoms with Crippen LogP contribution in [0.4, 0.5) is 11.4 Å². The van der Waals surface area contributed by atoms with E-state index in [4.69, 9.17) is 33.0 Å². The molecule has 1 heterocycles.